The van der Waals surface area contributed by atoms with Crippen molar-refractivity contribution in [3.8, 4) is 0 Å². The van der Waals surface area contributed by atoms with Gasteiger partial charge in [-0.05, 0) is 37.4 Å². The van der Waals surface area contributed by atoms with Gasteiger partial charge in [0.2, 0.25) is 0 Å². The summed E-state index contributed by atoms with van der Waals surface area (Å²) >= 11 is 1.77. The number of nitrogens with zero attached hydrogens (tertiary/aromatic N) is 2. The lowest BCUT2D eigenvalue weighted by molar-refractivity contribution is 0.433. The fourth-order valence-electron chi connectivity index (χ4n) is 2.41. The Morgan fingerprint density at radius 1 is 1.20 bits per heavy atom. The van der Waals surface area contributed by atoms with Crippen molar-refractivity contribution < 1.29 is 0 Å². The van der Waals surface area contributed by atoms with Crippen LogP contribution in [0.1, 0.15) is 24.5 Å². The van der Waals surface area contributed by atoms with E-state index in [-0.39, 0.29) is 5.54 Å². The molecule has 4 heteroatoms. The molecule has 0 saturated carbocycles. The van der Waals surface area contributed by atoms with E-state index >= 15 is 0 Å². The number of thiophene rings is 1. The molecule has 0 aliphatic heterocycles. The summed E-state index contributed by atoms with van der Waals surface area (Å²) in [5.74, 6) is 1.09. The minimum Gasteiger partial charge on any atom is -0.326 e. The lowest BCUT2D eigenvalue weighted by atomic mass is 10.1. The molecule has 0 fully saturated rings. The van der Waals surface area contributed by atoms with Crippen LogP contribution in [0.15, 0.2) is 41.8 Å². The molecule has 2 N–H and O–H groups in total. The van der Waals surface area contributed by atoms with E-state index in [0.29, 0.717) is 0 Å². The molecule has 0 spiro atoms. The predicted molar refractivity (Wildman–Crippen MR) is 85.1 cm³/mol. The number of hydrogen-bond donors (Lipinski definition) is 1. The molecule has 0 bridgehead atoms. The van der Waals surface area contributed by atoms with E-state index in [2.05, 4.69) is 54.1 Å². The van der Waals surface area contributed by atoms with Gasteiger partial charge in [0.1, 0.15) is 5.82 Å². The summed E-state index contributed by atoms with van der Waals surface area (Å²) in [4.78, 5) is 6.12. The Balaban J connectivity index is 2.07. The maximum atomic E-state index is 6.21. The summed E-state index contributed by atoms with van der Waals surface area (Å²) in [6.07, 6.45) is 0.864. The number of imidazole rings is 1. The maximum absolute atomic E-state index is 6.21. The SMILES string of the molecule is CC(C)(N)Cn1c(Cc2cccs2)nc2ccccc21. The van der Waals surface area contributed by atoms with Gasteiger partial charge in [0, 0.05) is 23.4 Å². The number of fused-ring (bicyclic) bond motifs is 1. The Morgan fingerprint density at radius 3 is 2.70 bits per heavy atom. The summed E-state index contributed by atoms with van der Waals surface area (Å²) in [7, 11) is 0. The van der Waals surface area contributed by atoms with E-state index in [1.807, 2.05) is 6.07 Å². The molecule has 104 valence electrons. The number of para-hydroxylation sites is 2. The van der Waals surface area contributed by atoms with Crippen LogP contribution in [-0.2, 0) is 13.0 Å². The average molecular weight is 285 g/mol. The van der Waals surface area contributed by atoms with Crippen LogP contribution in [-0.4, -0.2) is 15.1 Å². The molecule has 3 rings (SSSR count). The Kier molecular flexibility index (Phi) is 3.36. The van der Waals surface area contributed by atoms with Gasteiger partial charge in [-0.2, -0.15) is 0 Å². The Morgan fingerprint density at radius 2 is 2.00 bits per heavy atom. The molecule has 0 saturated heterocycles. The summed E-state index contributed by atoms with van der Waals surface area (Å²) in [5, 5.41) is 2.11. The van der Waals surface area contributed by atoms with Crippen molar-refractivity contribution in [2.24, 2.45) is 5.73 Å². The number of rotatable bonds is 4. The van der Waals surface area contributed by atoms with Crippen LogP contribution in [0, 0.1) is 0 Å². The first-order chi connectivity index (χ1) is 9.53. The van der Waals surface area contributed by atoms with Crippen molar-refractivity contribution in [3.05, 3.63) is 52.5 Å². The topological polar surface area (TPSA) is 43.8 Å². The molecule has 1 aromatic carbocycles. The van der Waals surface area contributed by atoms with E-state index in [4.69, 9.17) is 10.7 Å². The van der Waals surface area contributed by atoms with Crippen molar-refractivity contribution in [1.82, 2.24) is 9.55 Å². The standard InChI is InChI=1S/C16H19N3S/c1-16(2,17)11-19-14-8-4-3-7-13(14)18-15(19)10-12-6-5-9-20-12/h3-9H,10-11,17H2,1-2H3. The van der Waals surface area contributed by atoms with Crippen LogP contribution in [0.2, 0.25) is 0 Å². The summed E-state index contributed by atoms with van der Waals surface area (Å²) in [6.45, 7) is 4.88. The van der Waals surface area contributed by atoms with E-state index < -0.39 is 0 Å². The van der Waals surface area contributed by atoms with Gasteiger partial charge in [-0.25, -0.2) is 4.98 Å². The van der Waals surface area contributed by atoms with Gasteiger partial charge in [-0.3, -0.25) is 0 Å². The zero-order valence-corrected chi connectivity index (χ0v) is 12.7. The van der Waals surface area contributed by atoms with Crippen molar-refractivity contribution in [3.63, 3.8) is 0 Å². The van der Waals surface area contributed by atoms with Gasteiger partial charge in [0.15, 0.2) is 0 Å². The molecule has 0 atom stereocenters. The second-order valence-corrected chi connectivity index (χ2v) is 6.88. The summed E-state index contributed by atoms with van der Waals surface area (Å²) in [6, 6.07) is 12.5. The number of nitrogens with two attached hydrogens (primary N) is 1. The summed E-state index contributed by atoms with van der Waals surface area (Å²) in [5.41, 5.74) is 8.17. The molecular formula is C16H19N3S. The fourth-order valence-corrected chi connectivity index (χ4v) is 3.11. The van der Waals surface area contributed by atoms with E-state index in [9.17, 15) is 0 Å². The zero-order valence-electron chi connectivity index (χ0n) is 11.8. The van der Waals surface area contributed by atoms with Crippen LogP contribution < -0.4 is 5.73 Å². The van der Waals surface area contributed by atoms with Crippen LogP contribution in [0.3, 0.4) is 0 Å². The predicted octanol–water partition coefficient (Wildman–Crippen LogP) is 3.43. The van der Waals surface area contributed by atoms with Crippen molar-refractivity contribution in [2.45, 2.75) is 32.4 Å². The number of benzene rings is 1. The fraction of sp³-hybridized carbons (Fsp3) is 0.312. The van der Waals surface area contributed by atoms with Gasteiger partial charge >= 0.3 is 0 Å². The zero-order chi connectivity index (χ0) is 14.2. The van der Waals surface area contributed by atoms with Crippen LogP contribution in [0.25, 0.3) is 11.0 Å². The van der Waals surface area contributed by atoms with Crippen LogP contribution in [0.5, 0.6) is 0 Å². The minimum atomic E-state index is -0.256. The first-order valence-electron chi connectivity index (χ1n) is 6.78. The molecule has 0 aliphatic rings. The van der Waals surface area contributed by atoms with Crippen LogP contribution in [0.4, 0.5) is 0 Å². The first kappa shape index (κ1) is 13.3. The van der Waals surface area contributed by atoms with Crippen molar-refractivity contribution in [1.29, 1.82) is 0 Å². The molecule has 0 aliphatic carbocycles. The van der Waals surface area contributed by atoms with E-state index in [1.54, 1.807) is 11.3 Å². The molecule has 20 heavy (non-hydrogen) atoms. The van der Waals surface area contributed by atoms with Gasteiger partial charge in [-0.1, -0.05) is 18.2 Å². The van der Waals surface area contributed by atoms with Gasteiger partial charge in [-0.15, -0.1) is 11.3 Å². The van der Waals surface area contributed by atoms with Gasteiger partial charge in [0.25, 0.3) is 0 Å². The molecule has 0 amide bonds. The Labute approximate surface area is 123 Å². The quantitative estimate of drug-likeness (QED) is 0.798. The second-order valence-electron chi connectivity index (χ2n) is 5.85. The lowest BCUT2D eigenvalue weighted by Gasteiger charge is -2.21. The Hall–Kier alpha value is -1.65. The molecule has 0 unspecified atom stereocenters. The van der Waals surface area contributed by atoms with Gasteiger partial charge in [0.05, 0.1) is 11.0 Å². The first-order valence-corrected chi connectivity index (χ1v) is 7.66. The molecule has 3 nitrogen and oxygen atoms in total. The largest absolute Gasteiger partial charge is 0.326 e. The third-order valence-electron chi connectivity index (χ3n) is 3.21. The third-order valence-corrected chi connectivity index (χ3v) is 4.09. The number of hydrogen-bond acceptors (Lipinski definition) is 3. The molecular weight excluding hydrogens is 266 g/mol. The van der Waals surface area contributed by atoms with Crippen LogP contribution >= 0.6 is 11.3 Å². The minimum absolute atomic E-state index is 0.256. The highest BCUT2D eigenvalue weighted by Crippen LogP contribution is 2.22. The van der Waals surface area contributed by atoms with Crippen molar-refractivity contribution in [2.75, 3.05) is 0 Å². The van der Waals surface area contributed by atoms with Gasteiger partial charge < -0.3 is 10.3 Å². The molecule has 2 heterocycles. The van der Waals surface area contributed by atoms with E-state index in [0.717, 1.165) is 29.8 Å². The van der Waals surface area contributed by atoms with Crippen molar-refractivity contribution >= 4 is 22.4 Å². The normalized spacial score (nSPS) is 12.2. The molecule has 0 radical (unpaired) electrons. The highest BCUT2D eigenvalue weighted by Gasteiger charge is 2.18. The summed E-state index contributed by atoms with van der Waals surface area (Å²) < 4.78 is 2.26. The third kappa shape index (κ3) is 2.76. The molecule has 3 aromatic rings. The Bertz CT molecular complexity index is 705. The highest BCUT2D eigenvalue weighted by molar-refractivity contribution is 7.09. The maximum Gasteiger partial charge on any atom is 0.115 e. The number of aromatic nitrogens is 2. The lowest BCUT2D eigenvalue weighted by Crippen LogP contribution is -2.37. The highest BCUT2D eigenvalue weighted by atomic mass is 32.1. The second kappa shape index (κ2) is 5.04. The monoisotopic (exact) mass is 285 g/mol. The molecule has 2 aromatic heterocycles. The smallest absolute Gasteiger partial charge is 0.115 e. The average Bonchev–Trinajstić information content (AvgIpc) is 2.98. The van der Waals surface area contributed by atoms with E-state index in [1.165, 1.54) is 4.88 Å².